The van der Waals surface area contributed by atoms with Crippen molar-refractivity contribution in [3.05, 3.63) is 57.8 Å². The first-order valence-corrected chi connectivity index (χ1v) is 10.7. The lowest BCUT2D eigenvalue weighted by Gasteiger charge is -2.11. The average Bonchev–Trinajstić information content (AvgIpc) is 3.29. The highest BCUT2D eigenvalue weighted by molar-refractivity contribution is 7.19. The Balaban J connectivity index is 1.49. The maximum absolute atomic E-state index is 12.4. The van der Waals surface area contributed by atoms with Gasteiger partial charge in [-0.15, -0.1) is 10.2 Å². The lowest BCUT2D eigenvalue weighted by molar-refractivity contribution is -0.118. The van der Waals surface area contributed by atoms with Gasteiger partial charge in [0.05, 0.1) is 5.02 Å². The van der Waals surface area contributed by atoms with Gasteiger partial charge in [-0.2, -0.15) is 9.61 Å². The Morgan fingerprint density at radius 1 is 1.20 bits per heavy atom. The van der Waals surface area contributed by atoms with Crippen LogP contribution in [-0.2, 0) is 11.2 Å². The van der Waals surface area contributed by atoms with Crippen molar-refractivity contribution >= 4 is 51.1 Å². The van der Waals surface area contributed by atoms with Crippen LogP contribution in [0, 0.1) is 6.92 Å². The van der Waals surface area contributed by atoms with Crippen LogP contribution in [0.25, 0.3) is 15.5 Å². The van der Waals surface area contributed by atoms with E-state index in [0.29, 0.717) is 21.5 Å². The van der Waals surface area contributed by atoms with E-state index in [9.17, 15) is 4.79 Å². The minimum Gasteiger partial charge on any atom is -0.482 e. The first-order chi connectivity index (χ1) is 14.4. The van der Waals surface area contributed by atoms with E-state index in [1.54, 1.807) is 22.7 Å². The normalized spacial score (nSPS) is 11.1. The topological polar surface area (TPSA) is 81.4 Å². The number of ether oxygens (including phenoxy) is 1. The van der Waals surface area contributed by atoms with E-state index in [0.717, 1.165) is 33.3 Å². The number of aromatic nitrogens is 4. The van der Waals surface area contributed by atoms with Gasteiger partial charge in [-0.3, -0.25) is 4.79 Å². The Hall–Kier alpha value is -2.68. The number of fused-ring (bicyclic) bond motifs is 1. The molecule has 0 saturated heterocycles. The summed E-state index contributed by atoms with van der Waals surface area (Å²) in [5.74, 6) is 0.909. The van der Waals surface area contributed by atoms with Crippen LogP contribution in [0.3, 0.4) is 0 Å². The Labute approximate surface area is 186 Å². The standard InChI is InChI=1S/C20H17Cl2N5O2S/c1-3-17-24-25-20-27(17)26-19(30-20)12-5-4-11(2)15(8-12)23-18(28)10-29-16-7-6-13(21)9-14(16)22/h4-9H,3,10H2,1-2H3,(H,23,28). The van der Waals surface area contributed by atoms with E-state index < -0.39 is 0 Å². The fraction of sp³-hybridized carbons (Fsp3) is 0.200. The molecule has 0 saturated carbocycles. The number of nitrogens with one attached hydrogen (secondary N) is 1. The Bertz CT molecular complexity index is 1240. The van der Waals surface area contributed by atoms with Crippen LogP contribution in [0.5, 0.6) is 5.75 Å². The summed E-state index contributed by atoms with van der Waals surface area (Å²) in [6, 6.07) is 10.6. The second kappa shape index (κ2) is 8.59. The third kappa shape index (κ3) is 4.26. The van der Waals surface area contributed by atoms with Crippen molar-refractivity contribution in [1.29, 1.82) is 0 Å². The lowest BCUT2D eigenvalue weighted by atomic mass is 10.1. The van der Waals surface area contributed by atoms with Gasteiger partial charge in [0.25, 0.3) is 5.91 Å². The minimum atomic E-state index is -0.298. The molecule has 154 valence electrons. The Morgan fingerprint density at radius 3 is 2.80 bits per heavy atom. The number of carbonyl (C=O) groups excluding carboxylic acids is 1. The zero-order chi connectivity index (χ0) is 21.3. The van der Waals surface area contributed by atoms with Gasteiger partial charge in [-0.1, -0.05) is 53.6 Å². The maximum Gasteiger partial charge on any atom is 0.262 e. The van der Waals surface area contributed by atoms with Crippen LogP contribution < -0.4 is 10.1 Å². The van der Waals surface area contributed by atoms with E-state index in [-0.39, 0.29) is 12.5 Å². The molecule has 30 heavy (non-hydrogen) atoms. The first kappa shape index (κ1) is 20.6. The fourth-order valence-electron chi connectivity index (χ4n) is 2.81. The predicted molar refractivity (Wildman–Crippen MR) is 119 cm³/mol. The summed E-state index contributed by atoms with van der Waals surface area (Å²) in [5.41, 5.74) is 2.49. The summed E-state index contributed by atoms with van der Waals surface area (Å²) < 4.78 is 7.26. The van der Waals surface area contributed by atoms with Crippen LogP contribution in [0.1, 0.15) is 18.3 Å². The molecular weight excluding hydrogens is 445 g/mol. The molecule has 0 aliphatic heterocycles. The lowest BCUT2D eigenvalue weighted by Crippen LogP contribution is -2.20. The third-order valence-electron chi connectivity index (χ3n) is 4.38. The van der Waals surface area contributed by atoms with Crippen molar-refractivity contribution < 1.29 is 9.53 Å². The third-order valence-corrected chi connectivity index (χ3v) is 5.86. The SMILES string of the molecule is CCc1nnc2sc(-c3ccc(C)c(NC(=O)COc4ccc(Cl)cc4Cl)c3)nn12. The molecule has 0 unspecified atom stereocenters. The second-order valence-corrected chi connectivity index (χ2v) is 8.31. The van der Waals surface area contributed by atoms with Gasteiger partial charge in [0.15, 0.2) is 12.4 Å². The van der Waals surface area contributed by atoms with Crippen molar-refractivity contribution in [2.24, 2.45) is 0 Å². The van der Waals surface area contributed by atoms with Crippen molar-refractivity contribution in [2.75, 3.05) is 11.9 Å². The molecule has 2 heterocycles. The summed E-state index contributed by atoms with van der Waals surface area (Å²) in [7, 11) is 0. The van der Waals surface area contributed by atoms with E-state index in [2.05, 4.69) is 20.6 Å². The minimum absolute atomic E-state index is 0.179. The first-order valence-electron chi connectivity index (χ1n) is 9.14. The molecule has 1 N–H and O–H groups in total. The number of hydrogen-bond acceptors (Lipinski definition) is 6. The van der Waals surface area contributed by atoms with E-state index in [1.807, 2.05) is 32.0 Å². The van der Waals surface area contributed by atoms with Gasteiger partial charge in [0.2, 0.25) is 4.96 Å². The van der Waals surface area contributed by atoms with Gasteiger partial charge in [-0.25, -0.2) is 0 Å². The number of halogens is 2. The molecule has 0 spiro atoms. The van der Waals surface area contributed by atoms with Gasteiger partial charge >= 0.3 is 0 Å². The van der Waals surface area contributed by atoms with Crippen LogP contribution in [0.2, 0.25) is 10.0 Å². The molecule has 0 aliphatic rings. The molecule has 0 fully saturated rings. The monoisotopic (exact) mass is 461 g/mol. The van der Waals surface area contributed by atoms with Gasteiger partial charge in [-0.05, 0) is 36.8 Å². The molecule has 2 aromatic heterocycles. The largest absolute Gasteiger partial charge is 0.482 e. The summed E-state index contributed by atoms with van der Waals surface area (Å²) in [6.07, 6.45) is 0.747. The van der Waals surface area contributed by atoms with Gasteiger partial charge < -0.3 is 10.1 Å². The van der Waals surface area contributed by atoms with Crippen molar-refractivity contribution in [3.63, 3.8) is 0 Å². The molecule has 0 bridgehead atoms. The number of carbonyl (C=O) groups is 1. The summed E-state index contributed by atoms with van der Waals surface area (Å²) in [5, 5.41) is 17.4. The zero-order valence-corrected chi connectivity index (χ0v) is 18.5. The fourth-order valence-corrected chi connectivity index (χ4v) is 4.12. The quantitative estimate of drug-likeness (QED) is 0.434. The van der Waals surface area contributed by atoms with Crippen molar-refractivity contribution in [1.82, 2.24) is 19.8 Å². The van der Waals surface area contributed by atoms with Crippen LogP contribution in [0.4, 0.5) is 5.69 Å². The highest BCUT2D eigenvalue weighted by Gasteiger charge is 2.14. The van der Waals surface area contributed by atoms with Crippen LogP contribution >= 0.6 is 34.5 Å². The number of nitrogens with zero attached hydrogens (tertiary/aromatic N) is 4. The van der Waals surface area contributed by atoms with Crippen molar-refractivity contribution in [2.45, 2.75) is 20.3 Å². The highest BCUT2D eigenvalue weighted by atomic mass is 35.5. The molecule has 2 aromatic carbocycles. The van der Waals surface area contributed by atoms with E-state index in [1.165, 1.54) is 11.3 Å². The molecule has 0 atom stereocenters. The van der Waals surface area contributed by atoms with Gasteiger partial charge in [0, 0.05) is 22.7 Å². The number of anilines is 1. The molecule has 7 nitrogen and oxygen atoms in total. The van der Waals surface area contributed by atoms with Gasteiger partial charge in [0.1, 0.15) is 10.8 Å². The van der Waals surface area contributed by atoms with E-state index >= 15 is 0 Å². The molecule has 4 rings (SSSR count). The Kier molecular flexibility index (Phi) is 5.90. The highest BCUT2D eigenvalue weighted by Crippen LogP contribution is 2.30. The number of hydrogen-bond donors (Lipinski definition) is 1. The summed E-state index contributed by atoms with van der Waals surface area (Å²) >= 11 is 13.4. The summed E-state index contributed by atoms with van der Waals surface area (Å²) in [6.45, 7) is 3.75. The molecule has 1 amide bonds. The Morgan fingerprint density at radius 2 is 2.03 bits per heavy atom. The average molecular weight is 462 g/mol. The molecular formula is C20H17Cl2N5O2S. The van der Waals surface area contributed by atoms with Crippen LogP contribution in [0.15, 0.2) is 36.4 Å². The number of benzene rings is 2. The zero-order valence-electron chi connectivity index (χ0n) is 16.1. The van der Waals surface area contributed by atoms with Crippen molar-refractivity contribution in [3.8, 4) is 16.3 Å². The molecule has 0 radical (unpaired) electrons. The smallest absolute Gasteiger partial charge is 0.262 e. The number of rotatable bonds is 6. The molecule has 0 aliphatic carbocycles. The molecule has 4 aromatic rings. The molecule has 10 heteroatoms. The van der Waals surface area contributed by atoms with Crippen LogP contribution in [-0.4, -0.2) is 32.3 Å². The maximum atomic E-state index is 12.4. The van der Waals surface area contributed by atoms with E-state index in [4.69, 9.17) is 27.9 Å². The predicted octanol–water partition coefficient (Wildman–Crippen LogP) is 5.05. The summed E-state index contributed by atoms with van der Waals surface area (Å²) in [4.78, 5) is 13.1. The second-order valence-electron chi connectivity index (χ2n) is 6.51. The number of amides is 1. The number of aryl methyl sites for hydroxylation is 2.